The Bertz CT molecular complexity index is 1060. The zero-order valence-electron chi connectivity index (χ0n) is 17.6. The van der Waals surface area contributed by atoms with Crippen LogP contribution in [0.3, 0.4) is 0 Å². The lowest BCUT2D eigenvalue weighted by Gasteiger charge is -2.30. The third-order valence-electron chi connectivity index (χ3n) is 5.48. The third-order valence-corrected chi connectivity index (χ3v) is 5.72. The Balaban J connectivity index is 1.31. The van der Waals surface area contributed by atoms with Crippen molar-refractivity contribution in [2.75, 3.05) is 25.5 Å². The van der Waals surface area contributed by atoms with Gasteiger partial charge in [-0.3, -0.25) is 9.69 Å². The van der Waals surface area contributed by atoms with E-state index in [0.29, 0.717) is 34.7 Å². The molecule has 1 saturated heterocycles. The second kappa shape index (κ2) is 9.49. The number of nitrogens with zero attached hydrogens (tertiary/aromatic N) is 3. The summed E-state index contributed by atoms with van der Waals surface area (Å²) in [6.45, 7) is 4.18. The molecule has 1 fully saturated rings. The Kier molecular flexibility index (Phi) is 6.53. The number of methoxy groups -OCH3 is 1. The maximum atomic E-state index is 12.7. The van der Waals surface area contributed by atoms with Crippen molar-refractivity contribution in [3.63, 3.8) is 0 Å². The van der Waals surface area contributed by atoms with E-state index in [1.54, 1.807) is 25.3 Å². The van der Waals surface area contributed by atoms with Crippen LogP contribution < -0.4 is 10.1 Å². The number of anilines is 1. The lowest BCUT2D eigenvalue weighted by molar-refractivity contribution is -0.121. The number of amides is 1. The first kappa shape index (κ1) is 21.3. The second-order valence-corrected chi connectivity index (χ2v) is 8.20. The number of likely N-dealkylation sites (tertiary alicyclic amines) is 1. The summed E-state index contributed by atoms with van der Waals surface area (Å²) in [5, 5.41) is 7.61. The van der Waals surface area contributed by atoms with Crippen LogP contribution >= 0.6 is 11.6 Å². The van der Waals surface area contributed by atoms with E-state index in [4.69, 9.17) is 20.9 Å². The van der Waals surface area contributed by atoms with Gasteiger partial charge in [0.15, 0.2) is 0 Å². The maximum Gasteiger partial charge on any atom is 0.241 e. The molecule has 0 saturated carbocycles. The monoisotopic (exact) mass is 440 g/mol. The SMILES string of the molecule is COc1ccc(Cl)cc1NC(=O)C1CCN(Cc2nc(-c3cccc(C)c3)no2)CC1. The number of hydrogen-bond acceptors (Lipinski definition) is 6. The summed E-state index contributed by atoms with van der Waals surface area (Å²) in [7, 11) is 1.57. The molecule has 162 valence electrons. The van der Waals surface area contributed by atoms with Gasteiger partial charge in [0.1, 0.15) is 5.75 Å². The number of ether oxygens (including phenoxy) is 1. The highest BCUT2D eigenvalue weighted by molar-refractivity contribution is 6.31. The lowest BCUT2D eigenvalue weighted by Crippen LogP contribution is -2.37. The van der Waals surface area contributed by atoms with E-state index in [9.17, 15) is 4.79 Å². The molecule has 3 aromatic rings. The quantitative estimate of drug-likeness (QED) is 0.605. The van der Waals surface area contributed by atoms with Crippen molar-refractivity contribution in [3.8, 4) is 17.1 Å². The van der Waals surface area contributed by atoms with Crippen molar-refractivity contribution in [1.82, 2.24) is 15.0 Å². The normalized spacial score (nSPS) is 15.1. The van der Waals surface area contributed by atoms with Gasteiger partial charge in [0, 0.05) is 16.5 Å². The van der Waals surface area contributed by atoms with Crippen LogP contribution in [0.5, 0.6) is 5.75 Å². The van der Waals surface area contributed by atoms with Gasteiger partial charge in [-0.1, -0.05) is 40.5 Å². The van der Waals surface area contributed by atoms with E-state index < -0.39 is 0 Å². The summed E-state index contributed by atoms with van der Waals surface area (Å²) >= 11 is 6.05. The molecule has 2 heterocycles. The fraction of sp³-hybridized carbons (Fsp3) is 0.348. The van der Waals surface area contributed by atoms with Gasteiger partial charge in [-0.05, 0) is 57.1 Å². The fourth-order valence-electron chi connectivity index (χ4n) is 3.78. The van der Waals surface area contributed by atoms with Crippen molar-refractivity contribution >= 4 is 23.2 Å². The smallest absolute Gasteiger partial charge is 0.241 e. The number of nitrogens with one attached hydrogen (secondary N) is 1. The summed E-state index contributed by atoms with van der Waals surface area (Å²) in [4.78, 5) is 19.5. The van der Waals surface area contributed by atoms with Crippen LogP contribution in [0.15, 0.2) is 47.0 Å². The van der Waals surface area contributed by atoms with Gasteiger partial charge in [-0.2, -0.15) is 4.98 Å². The number of hydrogen-bond donors (Lipinski definition) is 1. The molecule has 1 N–H and O–H groups in total. The largest absolute Gasteiger partial charge is 0.495 e. The first-order chi connectivity index (χ1) is 15.0. The first-order valence-corrected chi connectivity index (χ1v) is 10.7. The zero-order valence-corrected chi connectivity index (χ0v) is 18.4. The Morgan fingerprint density at radius 2 is 2.06 bits per heavy atom. The number of rotatable bonds is 6. The van der Waals surface area contributed by atoms with Gasteiger partial charge < -0.3 is 14.6 Å². The van der Waals surface area contributed by atoms with E-state index >= 15 is 0 Å². The van der Waals surface area contributed by atoms with Crippen LogP contribution in [-0.4, -0.2) is 41.1 Å². The Morgan fingerprint density at radius 1 is 1.26 bits per heavy atom. The van der Waals surface area contributed by atoms with Crippen molar-refractivity contribution in [3.05, 3.63) is 58.9 Å². The molecule has 1 aliphatic rings. The minimum Gasteiger partial charge on any atom is -0.495 e. The van der Waals surface area contributed by atoms with E-state index in [0.717, 1.165) is 37.1 Å². The average molecular weight is 441 g/mol. The lowest BCUT2D eigenvalue weighted by atomic mass is 9.96. The molecule has 0 spiro atoms. The van der Waals surface area contributed by atoms with Crippen LogP contribution in [0.1, 0.15) is 24.3 Å². The molecule has 0 aliphatic carbocycles. The van der Waals surface area contributed by atoms with Crippen LogP contribution in [0.25, 0.3) is 11.4 Å². The standard InChI is InChI=1S/C23H25ClN4O3/c1-15-4-3-5-17(12-15)22-26-21(31-27-22)14-28-10-8-16(9-11-28)23(29)25-19-13-18(24)6-7-20(19)30-2/h3-7,12-13,16H,8-11,14H2,1-2H3,(H,25,29). The summed E-state index contributed by atoms with van der Waals surface area (Å²) in [6, 6.07) is 13.2. The number of piperidine rings is 1. The molecular formula is C23H25ClN4O3. The molecule has 1 aliphatic heterocycles. The van der Waals surface area contributed by atoms with E-state index in [1.807, 2.05) is 31.2 Å². The summed E-state index contributed by atoms with van der Waals surface area (Å²) in [6.07, 6.45) is 1.52. The topological polar surface area (TPSA) is 80.5 Å². The minimum atomic E-state index is -0.0644. The molecule has 0 atom stereocenters. The first-order valence-electron chi connectivity index (χ1n) is 10.3. The number of carbonyl (C=O) groups excluding carboxylic acids is 1. The number of aryl methyl sites for hydroxylation is 1. The molecule has 4 rings (SSSR count). The number of benzene rings is 2. The van der Waals surface area contributed by atoms with Crippen LogP contribution in [0.2, 0.25) is 5.02 Å². The number of carbonyl (C=O) groups is 1. The summed E-state index contributed by atoms with van der Waals surface area (Å²) in [5.74, 6) is 1.70. The molecule has 1 aromatic heterocycles. The highest BCUT2D eigenvalue weighted by Crippen LogP contribution is 2.29. The molecule has 2 aromatic carbocycles. The highest BCUT2D eigenvalue weighted by atomic mass is 35.5. The minimum absolute atomic E-state index is 0.0141. The molecule has 1 amide bonds. The van der Waals surface area contributed by atoms with Crippen molar-refractivity contribution in [2.24, 2.45) is 5.92 Å². The molecule has 7 nitrogen and oxygen atoms in total. The second-order valence-electron chi connectivity index (χ2n) is 7.77. The van der Waals surface area contributed by atoms with E-state index in [-0.39, 0.29) is 11.8 Å². The number of aromatic nitrogens is 2. The fourth-order valence-corrected chi connectivity index (χ4v) is 3.95. The van der Waals surface area contributed by atoms with Crippen molar-refractivity contribution < 1.29 is 14.1 Å². The molecule has 0 unspecified atom stereocenters. The van der Waals surface area contributed by atoms with Gasteiger partial charge >= 0.3 is 0 Å². The van der Waals surface area contributed by atoms with Crippen LogP contribution in [-0.2, 0) is 11.3 Å². The highest BCUT2D eigenvalue weighted by Gasteiger charge is 2.26. The van der Waals surface area contributed by atoms with E-state index in [1.165, 1.54) is 0 Å². The van der Waals surface area contributed by atoms with Gasteiger partial charge in [0.2, 0.25) is 17.6 Å². The maximum absolute atomic E-state index is 12.7. The van der Waals surface area contributed by atoms with E-state index in [2.05, 4.69) is 20.4 Å². The predicted molar refractivity (Wildman–Crippen MR) is 119 cm³/mol. The molecular weight excluding hydrogens is 416 g/mol. The Morgan fingerprint density at radius 3 is 2.81 bits per heavy atom. The average Bonchev–Trinajstić information content (AvgIpc) is 3.23. The molecule has 0 radical (unpaired) electrons. The van der Waals surface area contributed by atoms with Crippen LogP contribution in [0, 0.1) is 12.8 Å². The predicted octanol–water partition coefficient (Wildman–Crippen LogP) is 4.56. The summed E-state index contributed by atoms with van der Waals surface area (Å²) < 4.78 is 10.8. The van der Waals surface area contributed by atoms with Crippen LogP contribution in [0.4, 0.5) is 5.69 Å². The Hall–Kier alpha value is -2.90. The zero-order chi connectivity index (χ0) is 21.8. The molecule has 8 heteroatoms. The van der Waals surface area contributed by atoms with Gasteiger partial charge in [0.25, 0.3) is 0 Å². The van der Waals surface area contributed by atoms with Gasteiger partial charge in [-0.25, -0.2) is 0 Å². The number of halogens is 1. The van der Waals surface area contributed by atoms with Gasteiger partial charge in [0.05, 0.1) is 19.3 Å². The van der Waals surface area contributed by atoms with Crippen molar-refractivity contribution in [2.45, 2.75) is 26.3 Å². The summed E-state index contributed by atoms with van der Waals surface area (Å²) in [5.41, 5.74) is 2.69. The Labute approximate surface area is 186 Å². The molecule has 31 heavy (non-hydrogen) atoms. The van der Waals surface area contributed by atoms with Gasteiger partial charge in [-0.15, -0.1) is 0 Å². The van der Waals surface area contributed by atoms with Crippen molar-refractivity contribution in [1.29, 1.82) is 0 Å². The molecule has 0 bridgehead atoms. The third kappa shape index (κ3) is 5.24.